The molecule has 0 aliphatic heterocycles. The lowest BCUT2D eigenvalue weighted by Crippen LogP contribution is -2.27. The molecular formula is C15H19N3O2. The van der Waals surface area contributed by atoms with Crippen molar-refractivity contribution in [1.82, 2.24) is 9.88 Å². The molecule has 20 heavy (non-hydrogen) atoms. The Morgan fingerprint density at radius 2 is 2.05 bits per heavy atom. The molecular weight excluding hydrogens is 254 g/mol. The summed E-state index contributed by atoms with van der Waals surface area (Å²) in [4.78, 5) is 12.0. The van der Waals surface area contributed by atoms with Gasteiger partial charge in [0.05, 0.1) is 12.8 Å². The van der Waals surface area contributed by atoms with Gasteiger partial charge in [0.15, 0.2) is 0 Å². The molecule has 0 saturated carbocycles. The van der Waals surface area contributed by atoms with E-state index in [9.17, 15) is 4.79 Å². The molecule has 1 amide bonds. The van der Waals surface area contributed by atoms with Gasteiger partial charge in [0.2, 0.25) is 0 Å². The number of nitrogens with two attached hydrogens (primary N) is 1. The molecule has 1 heterocycles. The SMILES string of the molecule is COc1ccc(CCNC(=O)c2cc(N)cn2C)cc1. The fourth-order valence-corrected chi connectivity index (χ4v) is 2.02. The summed E-state index contributed by atoms with van der Waals surface area (Å²) in [6.07, 6.45) is 2.49. The highest BCUT2D eigenvalue weighted by molar-refractivity contribution is 5.93. The van der Waals surface area contributed by atoms with Crippen molar-refractivity contribution >= 4 is 11.6 Å². The van der Waals surface area contributed by atoms with Crippen LogP contribution >= 0.6 is 0 Å². The smallest absolute Gasteiger partial charge is 0.267 e. The Morgan fingerprint density at radius 3 is 2.60 bits per heavy atom. The molecule has 5 heteroatoms. The number of carbonyl (C=O) groups is 1. The zero-order chi connectivity index (χ0) is 14.5. The molecule has 0 fully saturated rings. The molecule has 2 aromatic rings. The van der Waals surface area contributed by atoms with Crippen molar-refractivity contribution < 1.29 is 9.53 Å². The Hall–Kier alpha value is -2.43. The number of ether oxygens (including phenoxy) is 1. The molecule has 5 nitrogen and oxygen atoms in total. The largest absolute Gasteiger partial charge is 0.497 e. The molecule has 0 aliphatic carbocycles. The van der Waals surface area contributed by atoms with Gasteiger partial charge in [0, 0.05) is 19.8 Å². The summed E-state index contributed by atoms with van der Waals surface area (Å²) in [5.41, 5.74) is 7.96. The maximum atomic E-state index is 12.0. The predicted molar refractivity (Wildman–Crippen MR) is 78.9 cm³/mol. The fraction of sp³-hybridized carbons (Fsp3) is 0.267. The first-order valence-corrected chi connectivity index (χ1v) is 6.43. The number of hydrogen-bond acceptors (Lipinski definition) is 3. The molecule has 3 N–H and O–H groups in total. The number of aryl methyl sites for hydroxylation is 1. The quantitative estimate of drug-likeness (QED) is 0.869. The molecule has 1 aromatic heterocycles. The topological polar surface area (TPSA) is 69.3 Å². The Labute approximate surface area is 118 Å². The van der Waals surface area contributed by atoms with Crippen molar-refractivity contribution in [3.05, 3.63) is 47.8 Å². The van der Waals surface area contributed by atoms with Crippen molar-refractivity contribution in [2.45, 2.75) is 6.42 Å². The van der Waals surface area contributed by atoms with Crippen molar-refractivity contribution in [3.63, 3.8) is 0 Å². The van der Waals surface area contributed by atoms with Gasteiger partial charge in [-0.15, -0.1) is 0 Å². The number of hydrogen-bond donors (Lipinski definition) is 2. The van der Waals surface area contributed by atoms with E-state index in [1.807, 2.05) is 24.3 Å². The van der Waals surface area contributed by atoms with Gasteiger partial charge in [0.1, 0.15) is 11.4 Å². The normalized spacial score (nSPS) is 10.3. The highest BCUT2D eigenvalue weighted by atomic mass is 16.5. The van der Waals surface area contributed by atoms with Crippen LogP contribution < -0.4 is 15.8 Å². The van der Waals surface area contributed by atoms with Crippen LogP contribution in [-0.2, 0) is 13.5 Å². The zero-order valence-electron chi connectivity index (χ0n) is 11.7. The molecule has 0 aliphatic rings. The third-order valence-electron chi connectivity index (χ3n) is 3.12. The van der Waals surface area contributed by atoms with Gasteiger partial charge >= 0.3 is 0 Å². The second-order valence-electron chi connectivity index (χ2n) is 4.62. The summed E-state index contributed by atoms with van der Waals surface area (Å²) in [6, 6.07) is 9.48. The second kappa shape index (κ2) is 6.14. The maximum absolute atomic E-state index is 12.0. The summed E-state index contributed by atoms with van der Waals surface area (Å²) in [5.74, 6) is 0.717. The number of carbonyl (C=O) groups excluding carboxylic acids is 1. The third kappa shape index (κ3) is 3.32. The third-order valence-corrected chi connectivity index (χ3v) is 3.12. The van der Waals surface area contributed by atoms with Gasteiger partial charge < -0.3 is 20.4 Å². The zero-order valence-corrected chi connectivity index (χ0v) is 11.7. The summed E-state index contributed by atoms with van der Waals surface area (Å²) >= 11 is 0. The van der Waals surface area contributed by atoms with Crippen molar-refractivity contribution in [3.8, 4) is 5.75 Å². The first-order chi connectivity index (χ1) is 9.60. The number of nitrogens with one attached hydrogen (secondary N) is 1. The number of anilines is 1. The lowest BCUT2D eigenvalue weighted by atomic mass is 10.1. The monoisotopic (exact) mass is 273 g/mol. The first kappa shape index (κ1) is 14.0. The fourth-order valence-electron chi connectivity index (χ4n) is 2.02. The van der Waals surface area contributed by atoms with Crippen molar-refractivity contribution in [1.29, 1.82) is 0 Å². The number of benzene rings is 1. The van der Waals surface area contributed by atoms with Gasteiger partial charge in [-0.3, -0.25) is 4.79 Å². The highest BCUT2D eigenvalue weighted by Crippen LogP contribution is 2.11. The Kier molecular flexibility index (Phi) is 4.30. The van der Waals surface area contributed by atoms with E-state index in [2.05, 4.69) is 5.32 Å². The van der Waals surface area contributed by atoms with Crippen LogP contribution in [0.5, 0.6) is 5.75 Å². The van der Waals surface area contributed by atoms with E-state index in [-0.39, 0.29) is 5.91 Å². The number of methoxy groups -OCH3 is 1. The van der Waals surface area contributed by atoms with Gasteiger partial charge in [-0.1, -0.05) is 12.1 Å². The van der Waals surface area contributed by atoms with Crippen LogP contribution in [0.1, 0.15) is 16.1 Å². The number of rotatable bonds is 5. The molecule has 2 rings (SSSR count). The van der Waals surface area contributed by atoms with E-state index >= 15 is 0 Å². The Morgan fingerprint density at radius 1 is 1.35 bits per heavy atom. The minimum Gasteiger partial charge on any atom is -0.497 e. The molecule has 106 valence electrons. The molecule has 0 spiro atoms. The van der Waals surface area contributed by atoms with Gasteiger partial charge in [0.25, 0.3) is 5.91 Å². The lowest BCUT2D eigenvalue weighted by Gasteiger charge is -2.06. The lowest BCUT2D eigenvalue weighted by molar-refractivity contribution is 0.0946. The summed E-state index contributed by atoms with van der Waals surface area (Å²) in [6.45, 7) is 0.580. The van der Waals surface area contributed by atoms with Gasteiger partial charge in [-0.05, 0) is 30.2 Å². The van der Waals surface area contributed by atoms with Gasteiger partial charge in [-0.2, -0.15) is 0 Å². The summed E-state index contributed by atoms with van der Waals surface area (Å²) in [5, 5.41) is 2.88. The number of nitrogens with zero attached hydrogens (tertiary/aromatic N) is 1. The average molecular weight is 273 g/mol. The van der Waals surface area contributed by atoms with E-state index < -0.39 is 0 Å². The van der Waals surface area contributed by atoms with Gasteiger partial charge in [-0.25, -0.2) is 0 Å². The van der Waals surface area contributed by atoms with Crippen LogP contribution in [0.2, 0.25) is 0 Å². The second-order valence-corrected chi connectivity index (χ2v) is 4.62. The Bertz CT molecular complexity index is 588. The van der Waals surface area contributed by atoms with E-state index in [0.29, 0.717) is 17.9 Å². The molecule has 0 unspecified atom stereocenters. The van der Waals surface area contributed by atoms with Crippen LogP contribution in [-0.4, -0.2) is 24.1 Å². The Balaban J connectivity index is 1.86. The van der Waals surface area contributed by atoms with Crippen LogP contribution in [0.3, 0.4) is 0 Å². The van der Waals surface area contributed by atoms with E-state index in [4.69, 9.17) is 10.5 Å². The van der Waals surface area contributed by atoms with Crippen LogP contribution in [0.4, 0.5) is 5.69 Å². The summed E-state index contributed by atoms with van der Waals surface area (Å²) < 4.78 is 6.82. The number of amides is 1. The highest BCUT2D eigenvalue weighted by Gasteiger charge is 2.09. The van der Waals surface area contributed by atoms with E-state index in [1.165, 1.54) is 0 Å². The van der Waals surface area contributed by atoms with E-state index in [0.717, 1.165) is 17.7 Å². The van der Waals surface area contributed by atoms with Crippen LogP contribution in [0, 0.1) is 0 Å². The molecule has 1 aromatic carbocycles. The van der Waals surface area contributed by atoms with E-state index in [1.54, 1.807) is 31.0 Å². The average Bonchev–Trinajstić information content (AvgIpc) is 2.78. The van der Waals surface area contributed by atoms with Crippen molar-refractivity contribution in [2.75, 3.05) is 19.4 Å². The predicted octanol–water partition coefficient (Wildman–Crippen LogP) is 1.59. The first-order valence-electron chi connectivity index (χ1n) is 6.43. The minimum atomic E-state index is -0.113. The maximum Gasteiger partial charge on any atom is 0.267 e. The molecule has 0 saturated heterocycles. The number of nitrogen functional groups attached to an aromatic ring is 1. The van der Waals surface area contributed by atoms with Crippen molar-refractivity contribution in [2.24, 2.45) is 7.05 Å². The van der Waals surface area contributed by atoms with Crippen LogP contribution in [0.15, 0.2) is 36.5 Å². The molecule has 0 bridgehead atoms. The summed E-state index contributed by atoms with van der Waals surface area (Å²) in [7, 11) is 3.44. The standard InChI is InChI=1S/C15H19N3O2/c1-18-10-12(16)9-14(18)15(19)17-8-7-11-3-5-13(20-2)6-4-11/h3-6,9-10H,7-8,16H2,1-2H3,(H,17,19). The molecule has 0 radical (unpaired) electrons. The molecule has 0 atom stereocenters. The number of aromatic nitrogens is 1. The minimum absolute atomic E-state index is 0.113. The van der Waals surface area contributed by atoms with Crippen LogP contribution in [0.25, 0.3) is 0 Å².